The molecule has 3 N–H and O–H groups in total. The van der Waals surface area contributed by atoms with Crippen LogP contribution < -0.4 is 5.32 Å². The summed E-state index contributed by atoms with van der Waals surface area (Å²) in [7, 11) is 0. The topological polar surface area (TPSA) is 43.6 Å². The first-order valence-electron chi connectivity index (χ1n) is 10.4. The van der Waals surface area contributed by atoms with Crippen LogP contribution in [0.2, 0.25) is 0 Å². The molecule has 0 unspecified atom stereocenters. The van der Waals surface area contributed by atoms with Crippen LogP contribution in [0.4, 0.5) is 0 Å². The minimum Gasteiger partial charge on any atom is -0.365 e. The van der Waals surface area contributed by atoms with Crippen molar-refractivity contribution in [2.45, 2.75) is 20.8 Å². The molecule has 3 aromatic heterocycles. The summed E-state index contributed by atoms with van der Waals surface area (Å²) in [5.74, 6) is 0. The van der Waals surface area contributed by atoms with Crippen LogP contribution in [0, 0.1) is 13.8 Å². The molecule has 1 aliphatic rings. The first kappa shape index (κ1) is 20.8. The maximum Gasteiger partial charge on any atom is 0.0546 e. The molecule has 156 valence electrons. The molecule has 4 heterocycles. The summed E-state index contributed by atoms with van der Waals surface area (Å²) in [6.45, 7) is 6.23. The number of para-hydroxylation sites is 1. The van der Waals surface area contributed by atoms with Crippen LogP contribution in [0.15, 0.2) is 84.1 Å². The summed E-state index contributed by atoms with van der Waals surface area (Å²) in [5.41, 5.74) is 7.44. The van der Waals surface area contributed by atoms with Crippen LogP contribution in [-0.2, 0) is 0 Å². The molecule has 0 bridgehead atoms. The minimum absolute atomic E-state index is 1.18. The molecule has 0 fully saturated rings. The Kier molecular flexibility index (Phi) is 6.39. The molecule has 0 aliphatic carbocycles. The fourth-order valence-corrected chi connectivity index (χ4v) is 4.39. The third-order valence-corrected chi connectivity index (χ3v) is 6.14. The lowest BCUT2D eigenvalue weighted by molar-refractivity contribution is 1.08. The molecule has 0 spiro atoms. The normalized spacial score (nSPS) is 12.0. The highest BCUT2D eigenvalue weighted by Crippen LogP contribution is 2.23. The van der Waals surface area contributed by atoms with Gasteiger partial charge in [-0.2, -0.15) is 0 Å². The zero-order valence-electron chi connectivity index (χ0n) is 18.1. The van der Waals surface area contributed by atoms with E-state index in [1.807, 2.05) is 18.5 Å². The number of hydrogen-bond donors (Lipinski definition) is 3. The van der Waals surface area contributed by atoms with Crippen LogP contribution in [0.25, 0.3) is 33.1 Å². The third-order valence-electron chi connectivity index (χ3n) is 5.09. The van der Waals surface area contributed by atoms with Gasteiger partial charge in [-0.25, -0.2) is 0 Å². The van der Waals surface area contributed by atoms with Gasteiger partial charge in [-0.3, -0.25) is 0 Å². The van der Waals surface area contributed by atoms with Gasteiger partial charge in [-0.15, -0.1) is 11.3 Å². The number of fused-ring (bicyclic) bond motifs is 3. The number of H-pyrrole nitrogens is 2. The molecule has 31 heavy (non-hydrogen) atoms. The summed E-state index contributed by atoms with van der Waals surface area (Å²) >= 11 is 1.79. The average molecular weight is 426 g/mol. The van der Waals surface area contributed by atoms with Crippen molar-refractivity contribution < 1.29 is 0 Å². The smallest absolute Gasteiger partial charge is 0.0546 e. The van der Waals surface area contributed by atoms with Crippen LogP contribution in [0.3, 0.4) is 0 Å². The number of aromatic nitrogens is 2. The van der Waals surface area contributed by atoms with Gasteiger partial charge in [0.05, 0.1) is 4.70 Å². The van der Waals surface area contributed by atoms with E-state index in [1.54, 1.807) is 11.3 Å². The number of aryl methyl sites for hydroxylation is 2. The molecule has 0 saturated heterocycles. The number of benzene rings is 2. The minimum atomic E-state index is 1.18. The second-order valence-electron chi connectivity index (χ2n) is 7.59. The van der Waals surface area contributed by atoms with Gasteiger partial charge in [0.25, 0.3) is 0 Å². The van der Waals surface area contributed by atoms with Gasteiger partial charge in [-0.1, -0.05) is 42.5 Å². The third kappa shape index (κ3) is 5.16. The summed E-state index contributed by atoms with van der Waals surface area (Å²) in [6, 6.07) is 20.9. The lowest BCUT2D eigenvalue weighted by atomic mass is 10.1. The standard InChI is InChI=1S/C11H11N.C9H9N.C7H7NS/c1-9-8-11-5-3-2-4-10(11)6-7-12-9;1-7-6-8-4-2-3-5-9(8)10-7;1-5-7-6(4-8-5)2-3-9-7/h2-8,12H,1H3;2-6,10H,1H3;2-4,8H,1H3. The molecule has 5 aromatic rings. The Balaban J connectivity index is 0.000000113. The Bertz CT molecular complexity index is 1310. The second kappa shape index (κ2) is 9.54. The number of rotatable bonds is 0. The van der Waals surface area contributed by atoms with Crippen molar-refractivity contribution in [2.75, 3.05) is 0 Å². The average Bonchev–Trinajstić information content (AvgIpc) is 3.44. The van der Waals surface area contributed by atoms with E-state index >= 15 is 0 Å². The first-order valence-corrected chi connectivity index (χ1v) is 11.2. The van der Waals surface area contributed by atoms with Crippen LogP contribution in [0.5, 0.6) is 0 Å². The van der Waals surface area contributed by atoms with Gasteiger partial charge in [0.2, 0.25) is 0 Å². The number of nitrogens with one attached hydrogen (secondary N) is 3. The Morgan fingerprint density at radius 3 is 2.39 bits per heavy atom. The monoisotopic (exact) mass is 425 g/mol. The molecule has 2 aromatic carbocycles. The van der Waals surface area contributed by atoms with Crippen molar-refractivity contribution in [3.8, 4) is 0 Å². The molecule has 0 saturated carbocycles. The number of allylic oxidation sites excluding steroid dienone is 1. The van der Waals surface area contributed by atoms with Crippen LogP contribution >= 0.6 is 11.3 Å². The molecule has 6 rings (SSSR count). The summed E-state index contributed by atoms with van der Waals surface area (Å²) in [4.78, 5) is 6.43. The highest BCUT2D eigenvalue weighted by Gasteiger charge is 1.99. The molecule has 0 radical (unpaired) electrons. The quantitative estimate of drug-likeness (QED) is 0.234. The summed E-state index contributed by atoms with van der Waals surface area (Å²) in [5, 5.41) is 7.91. The van der Waals surface area contributed by atoms with E-state index in [1.165, 1.54) is 49.2 Å². The Labute approximate surface area is 187 Å². The van der Waals surface area contributed by atoms with E-state index in [4.69, 9.17) is 0 Å². The van der Waals surface area contributed by atoms with Crippen molar-refractivity contribution >= 4 is 44.5 Å². The Hall–Kier alpha value is -3.50. The second-order valence-corrected chi connectivity index (χ2v) is 8.51. The lowest BCUT2D eigenvalue weighted by Gasteiger charge is -1.98. The van der Waals surface area contributed by atoms with Crippen molar-refractivity contribution in [1.29, 1.82) is 0 Å². The Morgan fingerprint density at radius 2 is 1.58 bits per heavy atom. The highest BCUT2D eigenvalue weighted by atomic mass is 32.1. The zero-order chi connectivity index (χ0) is 21.6. The zero-order valence-corrected chi connectivity index (χ0v) is 18.9. The van der Waals surface area contributed by atoms with E-state index in [-0.39, 0.29) is 0 Å². The number of aromatic amines is 2. The predicted octanol–water partition coefficient (Wildman–Crippen LogP) is 7.64. The fraction of sp³-hybridized carbons (Fsp3) is 0.111. The van der Waals surface area contributed by atoms with Gasteiger partial charge < -0.3 is 15.3 Å². The van der Waals surface area contributed by atoms with E-state index < -0.39 is 0 Å². The molecule has 3 nitrogen and oxygen atoms in total. The van der Waals surface area contributed by atoms with Gasteiger partial charge >= 0.3 is 0 Å². The van der Waals surface area contributed by atoms with E-state index in [0.29, 0.717) is 0 Å². The summed E-state index contributed by atoms with van der Waals surface area (Å²) < 4.78 is 1.38. The van der Waals surface area contributed by atoms with Crippen molar-refractivity contribution in [3.63, 3.8) is 0 Å². The largest absolute Gasteiger partial charge is 0.365 e. The SMILES string of the molecule is CC1=Cc2ccccc2C=CN1.Cc1[nH]cc2ccsc12.Cc1cc2ccccc2[nH]1. The fourth-order valence-electron chi connectivity index (χ4n) is 3.54. The van der Waals surface area contributed by atoms with Gasteiger partial charge in [-0.05, 0) is 73.0 Å². The first-order chi connectivity index (χ1) is 15.1. The summed E-state index contributed by atoms with van der Waals surface area (Å²) in [6.07, 6.45) is 8.25. The number of thiophene rings is 1. The van der Waals surface area contributed by atoms with Crippen LogP contribution in [-0.4, -0.2) is 9.97 Å². The number of hydrogen-bond acceptors (Lipinski definition) is 2. The van der Waals surface area contributed by atoms with Crippen molar-refractivity contribution in [1.82, 2.24) is 15.3 Å². The van der Waals surface area contributed by atoms with Gasteiger partial charge in [0, 0.05) is 40.4 Å². The molecule has 4 heteroatoms. The van der Waals surface area contributed by atoms with Crippen molar-refractivity contribution in [3.05, 3.63) is 107 Å². The lowest BCUT2D eigenvalue weighted by Crippen LogP contribution is -1.97. The van der Waals surface area contributed by atoms with Crippen molar-refractivity contribution in [2.24, 2.45) is 0 Å². The molecular formula is C27H27N3S. The van der Waals surface area contributed by atoms with Crippen LogP contribution in [0.1, 0.15) is 29.4 Å². The predicted molar refractivity (Wildman–Crippen MR) is 136 cm³/mol. The maximum atomic E-state index is 3.26. The Morgan fingerprint density at radius 1 is 0.806 bits per heavy atom. The molecule has 0 atom stereocenters. The molecule has 0 amide bonds. The maximum absolute atomic E-state index is 3.26. The van der Waals surface area contributed by atoms with E-state index in [0.717, 1.165) is 0 Å². The van der Waals surface area contributed by atoms with E-state index in [2.05, 4.69) is 108 Å². The van der Waals surface area contributed by atoms with Gasteiger partial charge in [0.1, 0.15) is 0 Å². The molecule has 1 aliphatic heterocycles. The highest BCUT2D eigenvalue weighted by molar-refractivity contribution is 7.17. The molecular weight excluding hydrogens is 398 g/mol. The van der Waals surface area contributed by atoms with E-state index in [9.17, 15) is 0 Å². The van der Waals surface area contributed by atoms with Gasteiger partial charge in [0.15, 0.2) is 0 Å².